The minimum atomic E-state index is -0.541. The second-order valence-corrected chi connectivity index (χ2v) is 23.2. The molecule has 1 nitrogen and oxygen atoms in total. The summed E-state index contributed by atoms with van der Waals surface area (Å²) in [6, 6.07) is 93.0. The normalized spacial score (nSPS) is 23.3. The van der Waals surface area contributed by atoms with Gasteiger partial charge in [0.15, 0.2) is 0 Å². The summed E-state index contributed by atoms with van der Waals surface area (Å²) in [6.45, 7) is 4.45. The average Bonchev–Trinajstić information content (AvgIpc) is 3.96. The zero-order valence-corrected chi connectivity index (χ0v) is 43.0. The van der Waals surface area contributed by atoms with E-state index < -0.39 is 10.8 Å². The Morgan fingerprint density at radius 1 is 0.307 bits per heavy atom. The molecular weight excluding hydrogens is 903 g/mol. The van der Waals surface area contributed by atoms with Crippen molar-refractivity contribution in [2.24, 2.45) is 17.8 Å². The summed E-state index contributed by atoms with van der Waals surface area (Å²) in [4.78, 5) is 2.53. The molecule has 6 aliphatic rings. The van der Waals surface area contributed by atoms with Gasteiger partial charge in [-0.2, -0.15) is 0 Å². The van der Waals surface area contributed by atoms with Gasteiger partial charge in [-0.25, -0.2) is 0 Å². The van der Waals surface area contributed by atoms with E-state index in [0.717, 1.165) is 34.8 Å². The van der Waals surface area contributed by atoms with E-state index in [9.17, 15) is 0 Å². The number of benzene rings is 10. The molecule has 2 unspecified atom stereocenters. The van der Waals surface area contributed by atoms with Crippen LogP contribution in [0.15, 0.2) is 243 Å². The molecule has 4 saturated carbocycles. The molecular formula is C74H61N. The van der Waals surface area contributed by atoms with Crippen molar-refractivity contribution in [1.29, 1.82) is 0 Å². The molecule has 10 aromatic rings. The molecule has 0 heterocycles. The van der Waals surface area contributed by atoms with Crippen molar-refractivity contribution in [3.05, 3.63) is 304 Å². The molecule has 0 spiro atoms. The average molecular weight is 964 g/mol. The first-order valence-electron chi connectivity index (χ1n) is 27.6. The first-order chi connectivity index (χ1) is 36.9. The van der Waals surface area contributed by atoms with E-state index in [1.54, 1.807) is 5.56 Å². The molecule has 0 N–H and O–H groups in total. The van der Waals surface area contributed by atoms with Crippen LogP contribution in [0.2, 0.25) is 0 Å². The summed E-state index contributed by atoms with van der Waals surface area (Å²) in [6.07, 6.45) is 8.59. The van der Waals surface area contributed by atoms with E-state index >= 15 is 0 Å². The summed E-state index contributed by atoms with van der Waals surface area (Å²) < 4.78 is 0. The Kier molecular flexibility index (Phi) is 10.1. The van der Waals surface area contributed by atoms with Crippen LogP contribution in [0.3, 0.4) is 0 Å². The Bertz CT molecular complexity index is 3610. The molecule has 1 heteroatoms. The molecule has 4 fully saturated rings. The Hall–Kier alpha value is -8.00. The number of nitrogens with zero attached hydrogens (tertiary/aromatic N) is 1. The zero-order chi connectivity index (χ0) is 49.9. The van der Waals surface area contributed by atoms with Gasteiger partial charge in [0.1, 0.15) is 0 Å². The lowest BCUT2D eigenvalue weighted by Crippen LogP contribution is -2.48. The SMILES string of the molecule is Cc1cccc(C2(c3ccccc3)c3ccccc3-c3ccc(N(c4ccc(-c5ccc(C67CC8CC(CC(C8)C6)C7)cc5)cc4)c4ccc5c(c4)C(c4ccccc4)(c4cccc(C)c4)c4ccccc4-5)cc32)c1. The largest absolute Gasteiger partial charge is 0.310 e. The lowest BCUT2D eigenvalue weighted by atomic mass is 9.48. The highest BCUT2D eigenvalue weighted by atomic mass is 15.1. The van der Waals surface area contributed by atoms with Crippen LogP contribution in [0.25, 0.3) is 33.4 Å². The van der Waals surface area contributed by atoms with Gasteiger partial charge in [0.05, 0.1) is 10.8 Å². The molecule has 16 rings (SSSR count). The van der Waals surface area contributed by atoms with Crippen LogP contribution in [0.5, 0.6) is 0 Å². The Morgan fingerprint density at radius 2 is 0.693 bits per heavy atom. The maximum atomic E-state index is 2.53. The Morgan fingerprint density at radius 3 is 1.15 bits per heavy atom. The van der Waals surface area contributed by atoms with Crippen LogP contribution < -0.4 is 4.90 Å². The van der Waals surface area contributed by atoms with Crippen molar-refractivity contribution in [2.45, 2.75) is 68.6 Å². The Labute approximate surface area is 443 Å². The van der Waals surface area contributed by atoms with Gasteiger partial charge in [0.25, 0.3) is 0 Å². The highest BCUT2D eigenvalue weighted by molar-refractivity contribution is 5.92. The zero-order valence-electron chi connectivity index (χ0n) is 43.0. The van der Waals surface area contributed by atoms with Crippen molar-refractivity contribution >= 4 is 17.1 Å². The Balaban J connectivity index is 0.929. The van der Waals surface area contributed by atoms with E-state index in [1.165, 1.54) is 128 Å². The van der Waals surface area contributed by atoms with E-state index in [1.807, 2.05) is 0 Å². The fraction of sp³-hybridized carbons (Fsp3) is 0.189. The second kappa shape index (κ2) is 17.0. The molecule has 4 bridgehead atoms. The summed E-state index contributed by atoms with van der Waals surface area (Å²) in [5.74, 6) is 2.80. The molecule has 0 saturated heterocycles. The quantitative estimate of drug-likeness (QED) is 0.139. The molecule has 362 valence electrons. The number of anilines is 3. The van der Waals surface area contributed by atoms with Crippen LogP contribution in [-0.2, 0) is 16.2 Å². The summed E-state index contributed by atoms with van der Waals surface area (Å²) in [5, 5.41) is 0. The van der Waals surface area contributed by atoms with Gasteiger partial charge in [0, 0.05) is 17.1 Å². The summed E-state index contributed by atoms with van der Waals surface area (Å²) >= 11 is 0. The van der Waals surface area contributed by atoms with Crippen LogP contribution in [-0.4, -0.2) is 0 Å². The fourth-order valence-corrected chi connectivity index (χ4v) is 16.3. The number of hydrogen-bond acceptors (Lipinski definition) is 1. The topological polar surface area (TPSA) is 3.24 Å². The van der Waals surface area contributed by atoms with E-state index in [2.05, 4.69) is 261 Å². The maximum absolute atomic E-state index is 2.53. The van der Waals surface area contributed by atoms with Gasteiger partial charge < -0.3 is 4.90 Å². The van der Waals surface area contributed by atoms with Crippen LogP contribution in [0.1, 0.15) is 99.7 Å². The second-order valence-electron chi connectivity index (χ2n) is 23.2. The molecule has 2 atom stereocenters. The van der Waals surface area contributed by atoms with Gasteiger partial charge in [0.2, 0.25) is 0 Å². The van der Waals surface area contributed by atoms with Crippen molar-refractivity contribution < 1.29 is 0 Å². The molecule has 0 aromatic heterocycles. The maximum Gasteiger partial charge on any atom is 0.0714 e. The highest BCUT2D eigenvalue weighted by Crippen LogP contribution is 2.62. The van der Waals surface area contributed by atoms with Crippen molar-refractivity contribution in [3.63, 3.8) is 0 Å². The fourth-order valence-electron chi connectivity index (χ4n) is 16.3. The van der Waals surface area contributed by atoms with E-state index in [0.29, 0.717) is 5.41 Å². The highest BCUT2D eigenvalue weighted by Gasteiger charge is 2.52. The number of aryl methyl sites for hydroxylation is 2. The predicted molar refractivity (Wildman–Crippen MR) is 310 cm³/mol. The predicted octanol–water partition coefficient (Wildman–Crippen LogP) is 18.6. The van der Waals surface area contributed by atoms with Crippen molar-refractivity contribution in [1.82, 2.24) is 0 Å². The van der Waals surface area contributed by atoms with Gasteiger partial charge in [-0.3, -0.25) is 0 Å². The third kappa shape index (κ3) is 6.69. The number of fused-ring (bicyclic) bond motifs is 6. The minimum Gasteiger partial charge on any atom is -0.310 e. The lowest BCUT2D eigenvalue weighted by molar-refractivity contribution is -0.00518. The van der Waals surface area contributed by atoms with Crippen LogP contribution in [0.4, 0.5) is 17.1 Å². The summed E-state index contributed by atoms with van der Waals surface area (Å²) in [5.41, 5.74) is 24.8. The number of hydrogen-bond donors (Lipinski definition) is 0. The number of rotatable bonds is 9. The molecule has 0 amide bonds. The standard InChI is InChI=1S/C74H61N/c1-49-15-13-21-59(39-49)73(57-17-5-3-6-18-57)68-25-11-9-23-64(68)66-37-35-62(44-70(66)73)75(61-33-29-55(30-34-61)54-27-31-56(32-28-54)72-46-51-41-52(47-72)43-53(42-51)48-72)63-36-38-67-65-24-10-12-26-69(65)74(71(67)45-63,58-19-7-4-8-20-58)60-22-14-16-50(2)40-60/h3-40,44-45,51-53H,41-43,46-48H2,1-2H3. The molecule has 0 radical (unpaired) electrons. The monoisotopic (exact) mass is 963 g/mol. The van der Waals surface area contributed by atoms with Crippen LogP contribution >= 0.6 is 0 Å². The van der Waals surface area contributed by atoms with Crippen molar-refractivity contribution in [3.8, 4) is 33.4 Å². The first-order valence-corrected chi connectivity index (χ1v) is 27.6. The van der Waals surface area contributed by atoms with Gasteiger partial charge in [-0.15, -0.1) is 0 Å². The first kappa shape index (κ1) is 44.5. The molecule has 75 heavy (non-hydrogen) atoms. The third-order valence-electron chi connectivity index (χ3n) is 18.9. The van der Waals surface area contributed by atoms with E-state index in [-0.39, 0.29) is 0 Å². The van der Waals surface area contributed by atoms with Crippen LogP contribution in [0, 0.1) is 31.6 Å². The molecule has 10 aromatic carbocycles. The van der Waals surface area contributed by atoms with Gasteiger partial charge >= 0.3 is 0 Å². The third-order valence-corrected chi connectivity index (χ3v) is 18.9. The molecule has 6 aliphatic carbocycles. The lowest BCUT2D eigenvalue weighted by Gasteiger charge is -2.57. The van der Waals surface area contributed by atoms with E-state index in [4.69, 9.17) is 0 Å². The summed E-state index contributed by atoms with van der Waals surface area (Å²) in [7, 11) is 0. The molecule has 0 aliphatic heterocycles. The minimum absolute atomic E-state index is 0.390. The van der Waals surface area contributed by atoms with Crippen molar-refractivity contribution in [2.75, 3.05) is 4.90 Å². The van der Waals surface area contributed by atoms with Gasteiger partial charge in [-0.1, -0.05) is 217 Å². The van der Waals surface area contributed by atoms with Gasteiger partial charge in [-0.05, 0) is 195 Å². The smallest absolute Gasteiger partial charge is 0.0714 e.